The molecule has 2 aromatic carbocycles. The molecule has 0 unspecified atom stereocenters. The summed E-state index contributed by atoms with van der Waals surface area (Å²) in [4.78, 5) is 13.2. The van der Waals surface area contributed by atoms with Crippen molar-refractivity contribution in [2.24, 2.45) is 0 Å². The quantitative estimate of drug-likeness (QED) is 0.622. The minimum absolute atomic E-state index is 0.0436. The molecule has 1 aliphatic carbocycles. The average Bonchev–Trinajstić information content (AvgIpc) is 3.07. The van der Waals surface area contributed by atoms with E-state index in [0.29, 0.717) is 24.7 Å². The molecule has 1 amide bonds. The summed E-state index contributed by atoms with van der Waals surface area (Å²) in [5, 5.41) is 3.09. The monoisotopic (exact) mass is 458 g/mol. The first-order chi connectivity index (χ1) is 15.5. The first-order valence-corrected chi connectivity index (χ1v) is 12.8. The zero-order valence-corrected chi connectivity index (χ0v) is 18.9. The highest BCUT2D eigenvalue weighted by Crippen LogP contribution is 2.32. The number of carbonyl (C=O) groups excluding carboxylic acids is 1. The predicted molar refractivity (Wildman–Crippen MR) is 121 cm³/mol. The topological polar surface area (TPSA) is 93.7 Å². The van der Waals surface area contributed by atoms with Crippen molar-refractivity contribution in [3.63, 3.8) is 0 Å². The molecule has 1 saturated carbocycles. The fourth-order valence-corrected chi connectivity index (χ4v) is 5.42. The van der Waals surface area contributed by atoms with Gasteiger partial charge in [0.15, 0.2) is 11.5 Å². The van der Waals surface area contributed by atoms with Crippen molar-refractivity contribution in [2.75, 3.05) is 13.2 Å². The molecule has 8 heteroatoms. The number of hydrogen-bond donors (Lipinski definition) is 2. The molecular formula is C24H30N2O5S. The number of sulfonamides is 1. The minimum Gasteiger partial charge on any atom is -0.486 e. The Morgan fingerprint density at radius 3 is 2.34 bits per heavy atom. The summed E-state index contributed by atoms with van der Waals surface area (Å²) in [5.74, 6) is 0.616. The van der Waals surface area contributed by atoms with E-state index >= 15 is 0 Å². The number of hydrogen-bond acceptors (Lipinski definition) is 5. The highest BCUT2D eigenvalue weighted by Gasteiger charge is 2.29. The largest absolute Gasteiger partial charge is 0.486 e. The number of nitrogens with one attached hydrogen (secondary N) is 2. The maximum atomic E-state index is 13.2. The van der Waals surface area contributed by atoms with Crippen molar-refractivity contribution >= 4 is 15.9 Å². The van der Waals surface area contributed by atoms with Gasteiger partial charge in [-0.25, -0.2) is 8.42 Å². The lowest BCUT2D eigenvalue weighted by Crippen LogP contribution is -2.50. The third-order valence-electron chi connectivity index (χ3n) is 5.92. The smallest absolute Gasteiger partial charge is 0.241 e. The van der Waals surface area contributed by atoms with Crippen LogP contribution >= 0.6 is 0 Å². The summed E-state index contributed by atoms with van der Waals surface area (Å²) in [6.45, 7) is 0.794. The van der Waals surface area contributed by atoms with E-state index in [0.717, 1.165) is 31.2 Å². The molecule has 0 radical (unpaired) electrons. The van der Waals surface area contributed by atoms with Crippen molar-refractivity contribution < 1.29 is 22.7 Å². The van der Waals surface area contributed by atoms with Crippen LogP contribution in [0.25, 0.3) is 0 Å². The standard InChI is InChI=1S/C24H30N2O5S/c27-24(25-19-10-6-1-2-7-11-19)21(16-18-8-4-3-5-9-18)26-32(28,29)20-12-13-22-23(17-20)31-15-14-30-22/h3-5,8-9,12-13,17,19,21,26H,1-2,6-7,10-11,14-16H2,(H,25,27)/t21-/m0/s1. The van der Waals surface area contributed by atoms with Gasteiger partial charge in [0.1, 0.15) is 19.3 Å². The number of fused-ring (bicyclic) bond motifs is 1. The normalized spacial score (nSPS) is 17.9. The Bertz CT molecular complexity index is 1020. The van der Waals surface area contributed by atoms with E-state index in [1.54, 1.807) is 6.07 Å². The van der Waals surface area contributed by atoms with Crippen LogP contribution in [0.3, 0.4) is 0 Å². The van der Waals surface area contributed by atoms with Gasteiger partial charge in [-0.15, -0.1) is 0 Å². The van der Waals surface area contributed by atoms with E-state index in [1.807, 2.05) is 30.3 Å². The zero-order valence-electron chi connectivity index (χ0n) is 18.1. The van der Waals surface area contributed by atoms with E-state index in [1.165, 1.54) is 25.0 Å². The van der Waals surface area contributed by atoms with E-state index in [4.69, 9.17) is 9.47 Å². The van der Waals surface area contributed by atoms with Crippen LogP contribution in [0.15, 0.2) is 53.4 Å². The number of carbonyl (C=O) groups is 1. The van der Waals surface area contributed by atoms with Gasteiger partial charge in [0.05, 0.1) is 4.90 Å². The summed E-state index contributed by atoms with van der Waals surface area (Å²) in [6, 6.07) is 13.1. The Labute approximate surface area is 189 Å². The molecule has 4 rings (SSSR count). The molecule has 0 spiro atoms. The molecular weight excluding hydrogens is 428 g/mol. The van der Waals surface area contributed by atoms with Gasteiger partial charge in [-0.2, -0.15) is 4.72 Å². The fourth-order valence-electron chi connectivity index (χ4n) is 4.21. The molecule has 2 aromatic rings. The maximum Gasteiger partial charge on any atom is 0.241 e. The van der Waals surface area contributed by atoms with Crippen LogP contribution in [0.2, 0.25) is 0 Å². The molecule has 1 fully saturated rings. The number of benzene rings is 2. The summed E-state index contributed by atoms with van der Waals surface area (Å²) in [6.07, 6.45) is 6.64. The Balaban J connectivity index is 1.54. The van der Waals surface area contributed by atoms with Crippen molar-refractivity contribution in [3.8, 4) is 11.5 Å². The second-order valence-corrected chi connectivity index (χ2v) is 10.1. The minimum atomic E-state index is -3.95. The van der Waals surface area contributed by atoms with E-state index in [9.17, 15) is 13.2 Å². The second kappa shape index (κ2) is 10.4. The van der Waals surface area contributed by atoms with Crippen LogP contribution < -0.4 is 19.5 Å². The van der Waals surface area contributed by atoms with Crippen molar-refractivity contribution in [1.29, 1.82) is 0 Å². The van der Waals surface area contributed by atoms with Gasteiger partial charge in [0.2, 0.25) is 15.9 Å². The Kier molecular flexibility index (Phi) is 7.32. The molecule has 2 N–H and O–H groups in total. The summed E-state index contributed by atoms with van der Waals surface area (Å²) in [7, 11) is -3.95. The molecule has 0 bridgehead atoms. The van der Waals surface area contributed by atoms with Gasteiger partial charge in [0, 0.05) is 12.1 Å². The molecule has 1 atom stereocenters. The van der Waals surface area contributed by atoms with Crippen molar-refractivity contribution in [2.45, 2.75) is 61.9 Å². The van der Waals surface area contributed by atoms with Crippen molar-refractivity contribution in [1.82, 2.24) is 10.0 Å². The van der Waals surface area contributed by atoms with E-state index in [-0.39, 0.29) is 23.3 Å². The Morgan fingerprint density at radius 1 is 0.938 bits per heavy atom. The van der Waals surface area contributed by atoms with Crippen LogP contribution in [0.4, 0.5) is 0 Å². The predicted octanol–water partition coefficient (Wildman–Crippen LogP) is 3.19. The van der Waals surface area contributed by atoms with E-state index < -0.39 is 16.1 Å². The molecule has 1 aliphatic heterocycles. The molecule has 0 aromatic heterocycles. The number of rotatable bonds is 7. The molecule has 0 saturated heterocycles. The third-order valence-corrected chi connectivity index (χ3v) is 7.39. The SMILES string of the molecule is O=C(NC1CCCCCC1)[C@H](Cc1ccccc1)NS(=O)(=O)c1ccc2c(c1)OCCO2. The van der Waals surface area contributed by atoms with Crippen LogP contribution in [0.5, 0.6) is 11.5 Å². The molecule has 172 valence electrons. The van der Waals surface area contributed by atoms with E-state index in [2.05, 4.69) is 10.0 Å². The van der Waals surface area contributed by atoms with Gasteiger partial charge in [-0.3, -0.25) is 4.79 Å². The molecule has 7 nitrogen and oxygen atoms in total. The van der Waals surface area contributed by atoms with Crippen LogP contribution in [0, 0.1) is 0 Å². The lowest BCUT2D eigenvalue weighted by atomic mass is 10.0. The number of amides is 1. The molecule has 32 heavy (non-hydrogen) atoms. The lowest BCUT2D eigenvalue weighted by Gasteiger charge is -2.23. The number of ether oxygens (including phenoxy) is 2. The van der Waals surface area contributed by atoms with Gasteiger partial charge < -0.3 is 14.8 Å². The summed E-state index contributed by atoms with van der Waals surface area (Å²) >= 11 is 0. The molecule has 2 aliphatic rings. The second-order valence-electron chi connectivity index (χ2n) is 8.37. The lowest BCUT2D eigenvalue weighted by molar-refractivity contribution is -0.123. The summed E-state index contributed by atoms with van der Waals surface area (Å²) in [5.41, 5.74) is 0.887. The van der Waals surface area contributed by atoms with Gasteiger partial charge in [-0.1, -0.05) is 56.0 Å². The Hall–Kier alpha value is -2.58. The fraction of sp³-hybridized carbons (Fsp3) is 0.458. The maximum absolute atomic E-state index is 13.2. The highest BCUT2D eigenvalue weighted by atomic mass is 32.2. The van der Waals surface area contributed by atoms with Crippen LogP contribution in [-0.2, 0) is 21.2 Å². The van der Waals surface area contributed by atoms with Crippen LogP contribution in [-0.4, -0.2) is 39.6 Å². The first kappa shape index (κ1) is 22.6. The van der Waals surface area contributed by atoms with Gasteiger partial charge >= 0.3 is 0 Å². The molecule has 1 heterocycles. The van der Waals surface area contributed by atoms with Crippen LogP contribution in [0.1, 0.15) is 44.1 Å². The summed E-state index contributed by atoms with van der Waals surface area (Å²) < 4.78 is 40.0. The average molecular weight is 459 g/mol. The van der Waals surface area contributed by atoms with Gasteiger partial charge in [-0.05, 0) is 37.0 Å². The third kappa shape index (κ3) is 5.81. The highest BCUT2D eigenvalue weighted by molar-refractivity contribution is 7.89. The van der Waals surface area contributed by atoms with Gasteiger partial charge in [0.25, 0.3) is 0 Å². The first-order valence-electron chi connectivity index (χ1n) is 11.3. The Morgan fingerprint density at radius 2 is 1.62 bits per heavy atom. The zero-order chi connectivity index (χ0) is 22.4. The van der Waals surface area contributed by atoms with Crippen molar-refractivity contribution in [3.05, 3.63) is 54.1 Å².